The molecule has 0 heteroatoms. The molecule has 0 unspecified atom stereocenters. The lowest BCUT2D eigenvalue weighted by molar-refractivity contribution is 0.860. The van der Waals surface area contributed by atoms with Crippen molar-refractivity contribution in [3.8, 4) is 11.1 Å². The van der Waals surface area contributed by atoms with E-state index in [0.29, 0.717) is 0 Å². The van der Waals surface area contributed by atoms with Crippen LogP contribution in [0.2, 0.25) is 0 Å². The molecule has 2 aromatic carbocycles. The molecular formula is C20H20. The third-order valence-electron chi connectivity index (χ3n) is 3.83. The van der Waals surface area contributed by atoms with Gasteiger partial charge in [-0.15, -0.1) is 0 Å². The predicted octanol–water partition coefficient (Wildman–Crippen LogP) is 5.87. The maximum atomic E-state index is 2.40. The minimum Gasteiger partial charge on any atom is -0.0882 e. The van der Waals surface area contributed by atoms with Gasteiger partial charge in [0.05, 0.1) is 0 Å². The topological polar surface area (TPSA) is 0 Å². The van der Waals surface area contributed by atoms with Gasteiger partial charge in [0.1, 0.15) is 0 Å². The summed E-state index contributed by atoms with van der Waals surface area (Å²) in [4.78, 5) is 0. The van der Waals surface area contributed by atoms with Gasteiger partial charge in [0, 0.05) is 0 Å². The Morgan fingerprint density at radius 2 is 1.30 bits per heavy atom. The molecule has 2 aromatic rings. The van der Waals surface area contributed by atoms with E-state index in [9.17, 15) is 0 Å². The summed E-state index contributed by atoms with van der Waals surface area (Å²) < 4.78 is 0. The summed E-state index contributed by atoms with van der Waals surface area (Å²) in [5.74, 6) is 0. The Morgan fingerprint density at radius 3 is 2.10 bits per heavy atom. The quantitative estimate of drug-likeness (QED) is 0.593. The van der Waals surface area contributed by atoms with Gasteiger partial charge in [-0.3, -0.25) is 0 Å². The zero-order valence-electron chi connectivity index (χ0n) is 11.8. The van der Waals surface area contributed by atoms with Gasteiger partial charge in [-0.2, -0.15) is 0 Å². The van der Waals surface area contributed by atoms with Crippen molar-refractivity contribution in [3.05, 3.63) is 78.4 Å². The van der Waals surface area contributed by atoms with Crippen molar-refractivity contribution >= 4 is 5.57 Å². The van der Waals surface area contributed by atoms with Gasteiger partial charge in [0.15, 0.2) is 0 Å². The molecule has 0 heterocycles. The molecule has 3 rings (SSSR count). The van der Waals surface area contributed by atoms with E-state index in [0.717, 1.165) is 6.42 Å². The highest BCUT2D eigenvalue weighted by Crippen LogP contribution is 2.25. The summed E-state index contributed by atoms with van der Waals surface area (Å²) in [6.07, 6.45) is 11.8. The van der Waals surface area contributed by atoms with E-state index in [-0.39, 0.29) is 0 Å². The first kappa shape index (κ1) is 12.9. The number of rotatable bonds is 2. The van der Waals surface area contributed by atoms with Crippen LogP contribution in [0.25, 0.3) is 16.7 Å². The summed E-state index contributed by atoms with van der Waals surface area (Å²) in [7, 11) is 0. The van der Waals surface area contributed by atoms with Crippen LogP contribution >= 0.6 is 0 Å². The maximum absolute atomic E-state index is 2.40. The molecule has 0 N–H and O–H groups in total. The lowest BCUT2D eigenvalue weighted by atomic mass is 9.96. The lowest BCUT2D eigenvalue weighted by Gasteiger charge is -2.09. The Hall–Kier alpha value is -2.08. The average Bonchev–Trinajstić information content (AvgIpc) is 2.48. The second-order valence-corrected chi connectivity index (χ2v) is 5.28. The van der Waals surface area contributed by atoms with E-state index in [1.165, 1.54) is 41.5 Å². The Balaban J connectivity index is 1.84. The highest BCUT2D eigenvalue weighted by atomic mass is 14.1. The van der Waals surface area contributed by atoms with Gasteiger partial charge >= 0.3 is 0 Å². The second kappa shape index (κ2) is 6.38. The van der Waals surface area contributed by atoms with Gasteiger partial charge in [-0.25, -0.2) is 0 Å². The number of benzene rings is 2. The Morgan fingerprint density at radius 1 is 0.600 bits per heavy atom. The molecule has 0 spiro atoms. The monoisotopic (exact) mass is 260 g/mol. The third kappa shape index (κ3) is 3.08. The van der Waals surface area contributed by atoms with Gasteiger partial charge in [-0.1, -0.05) is 72.8 Å². The fraction of sp³-hybridized carbons (Fsp3) is 0.200. The lowest BCUT2D eigenvalue weighted by Crippen LogP contribution is -1.87. The van der Waals surface area contributed by atoms with E-state index >= 15 is 0 Å². The molecule has 1 aliphatic carbocycles. The predicted molar refractivity (Wildman–Crippen MR) is 87.5 cm³/mol. The molecule has 0 fully saturated rings. The molecule has 100 valence electrons. The molecule has 0 nitrogen and oxygen atoms in total. The summed E-state index contributed by atoms with van der Waals surface area (Å²) in [5, 5.41) is 0. The number of allylic oxidation sites excluding steroid dienone is 4. The molecule has 0 saturated heterocycles. The highest BCUT2D eigenvalue weighted by Gasteiger charge is 2.03. The van der Waals surface area contributed by atoms with Crippen molar-refractivity contribution < 1.29 is 0 Å². The molecular weight excluding hydrogens is 240 g/mol. The van der Waals surface area contributed by atoms with E-state index in [2.05, 4.69) is 72.8 Å². The Labute approximate surface area is 121 Å². The zero-order valence-corrected chi connectivity index (χ0v) is 11.8. The van der Waals surface area contributed by atoms with E-state index in [1.54, 1.807) is 0 Å². The van der Waals surface area contributed by atoms with E-state index < -0.39 is 0 Å². The van der Waals surface area contributed by atoms with Crippen molar-refractivity contribution in [3.63, 3.8) is 0 Å². The van der Waals surface area contributed by atoms with Crippen LogP contribution in [-0.4, -0.2) is 0 Å². The van der Waals surface area contributed by atoms with E-state index in [4.69, 9.17) is 0 Å². The smallest absolute Gasteiger partial charge is 0.00947 e. The summed E-state index contributed by atoms with van der Waals surface area (Å²) >= 11 is 0. The largest absolute Gasteiger partial charge is 0.0882 e. The summed E-state index contributed by atoms with van der Waals surface area (Å²) in [5.41, 5.74) is 5.39. The molecule has 0 atom stereocenters. The van der Waals surface area contributed by atoms with Crippen LogP contribution in [0, 0.1) is 0 Å². The molecule has 0 bridgehead atoms. The SMILES string of the molecule is C1=C\C/C(c2ccc(-c3ccccc3)cc2)=C\CCC/1. The minimum absolute atomic E-state index is 1.06. The van der Waals surface area contributed by atoms with E-state index in [1.807, 2.05) is 0 Å². The van der Waals surface area contributed by atoms with Crippen LogP contribution in [0.4, 0.5) is 0 Å². The first-order valence-corrected chi connectivity index (χ1v) is 7.43. The maximum Gasteiger partial charge on any atom is -0.00947 e. The van der Waals surface area contributed by atoms with Crippen LogP contribution in [0.3, 0.4) is 0 Å². The Kier molecular flexibility index (Phi) is 4.13. The molecule has 0 saturated carbocycles. The van der Waals surface area contributed by atoms with Crippen LogP contribution in [0.5, 0.6) is 0 Å². The Bertz CT molecular complexity index is 600. The standard InChI is InChI=1S/C20H20/c1-2-5-9-17(10-6-3-1)19-13-15-20(16-14-19)18-11-7-4-8-12-18/h2,4-5,7-8,10-16H,1,3,6,9H2/b5-2-,17-10+. The molecule has 0 amide bonds. The van der Waals surface area contributed by atoms with Crippen molar-refractivity contribution in [2.45, 2.75) is 25.7 Å². The normalized spacial score (nSPS) is 19.5. The minimum atomic E-state index is 1.06. The van der Waals surface area contributed by atoms with Gasteiger partial charge < -0.3 is 0 Å². The van der Waals surface area contributed by atoms with Gasteiger partial charge in [0.25, 0.3) is 0 Å². The van der Waals surface area contributed by atoms with Crippen LogP contribution < -0.4 is 0 Å². The fourth-order valence-corrected chi connectivity index (χ4v) is 2.67. The molecule has 0 aliphatic heterocycles. The van der Waals surface area contributed by atoms with Crippen LogP contribution in [0.1, 0.15) is 31.2 Å². The molecule has 0 aromatic heterocycles. The molecule has 1 aliphatic rings. The van der Waals surface area contributed by atoms with Crippen molar-refractivity contribution in [2.75, 3.05) is 0 Å². The van der Waals surface area contributed by atoms with Crippen molar-refractivity contribution in [1.82, 2.24) is 0 Å². The number of hydrogen-bond donors (Lipinski definition) is 0. The van der Waals surface area contributed by atoms with Crippen molar-refractivity contribution in [1.29, 1.82) is 0 Å². The average molecular weight is 260 g/mol. The second-order valence-electron chi connectivity index (χ2n) is 5.28. The third-order valence-corrected chi connectivity index (χ3v) is 3.83. The summed E-state index contributed by atoms with van der Waals surface area (Å²) in [6.45, 7) is 0. The zero-order chi connectivity index (χ0) is 13.6. The summed E-state index contributed by atoms with van der Waals surface area (Å²) in [6, 6.07) is 19.5. The molecule has 20 heavy (non-hydrogen) atoms. The fourth-order valence-electron chi connectivity index (χ4n) is 2.67. The van der Waals surface area contributed by atoms with Gasteiger partial charge in [0.2, 0.25) is 0 Å². The number of hydrogen-bond acceptors (Lipinski definition) is 0. The van der Waals surface area contributed by atoms with Gasteiger partial charge in [-0.05, 0) is 47.9 Å². The first-order chi connectivity index (χ1) is 9.93. The van der Waals surface area contributed by atoms with Crippen LogP contribution in [0.15, 0.2) is 72.8 Å². The van der Waals surface area contributed by atoms with Crippen molar-refractivity contribution in [2.24, 2.45) is 0 Å². The first-order valence-electron chi connectivity index (χ1n) is 7.43. The van der Waals surface area contributed by atoms with Crippen LogP contribution in [-0.2, 0) is 0 Å². The highest BCUT2D eigenvalue weighted by molar-refractivity contribution is 5.71. The molecule has 0 radical (unpaired) electrons.